The summed E-state index contributed by atoms with van der Waals surface area (Å²) in [6.45, 7) is 4.30. The number of hydrogen-bond donors (Lipinski definition) is 0. The molecule has 1 aromatic heterocycles. The van der Waals surface area contributed by atoms with Crippen LogP contribution in [0.4, 0.5) is 8.63 Å². The van der Waals surface area contributed by atoms with E-state index in [2.05, 4.69) is 0 Å². The molecule has 144 valence electrons. The minimum absolute atomic E-state index is 0.482. The van der Waals surface area contributed by atoms with Gasteiger partial charge in [-0.3, -0.25) is 0 Å². The highest BCUT2D eigenvalue weighted by Crippen LogP contribution is 2.45. The Labute approximate surface area is 162 Å². The second kappa shape index (κ2) is 5.59. The summed E-state index contributed by atoms with van der Waals surface area (Å²) >= 11 is 0. The molecule has 0 radical (unpaired) electrons. The van der Waals surface area contributed by atoms with Crippen LogP contribution >= 0.6 is 0 Å². The highest BCUT2D eigenvalue weighted by atomic mass is 19.2. The van der Waals surface area contributed by atoms with Gasteiger partial charge in [-0.25, -0.2) is 0 Å². The fourth-order valence-corrected chi connectivity index (χ4v) is 4.77. The summed E-state index contributed by atoms with van der Waals surface area (Å²) in [6.07, 6.45) is 1.83. The Morgan fingerprint density at radius 3 is 2.46 bits per heavy atom. The van der Waals surface area contributed by atoms with Gasteiger partial charge < -0.3 is 27.1 Å². The van der Waals surface area contributed by atoms with E-state index in [4.69, 9.17) is 9.47 Å². The highest BCUT2D eigenvalue weighted by molar-refractivity contribution is 6.58. The molecule has 28 heavy (non-hydrogen) atoms. The molecule has 5 rings (SSSR count). The smallest absolute Gasteiger partial charge is 0.486 e. The Morgan fingerprint density at radius 2 is 1.71 bits per heavy atom. The molecular weight excluding hydrogens is 361 g/mol. The molecule has 0 atom stereocenters. The minimum Gasteiger partial charge on any atom is -0.486 e. The quantitative estimate of drug-likeness (QED) is 0.688. The number of aryl methyl sites for hydroxylation is 2. The van der Waals surface area contributed by atoms with Crippen LogP contribution in [0.5, 0.6) is 11.5 Å². The number of nitrogens with zero attached hydrogens (tertiary/aromatic N) is 2. The fraction of sp³-hybridized carbons (Fsp3) is 0.286. The molecule has 2 aromatic rings. The highest BCUT2D eigenvalue weighted by Gasteiger charge is 2.55. The monoisotopic (exact) mass is 382 g/mol. The first-order valence-corrected chi connectivity index (χ1v) is 9.48. The summed E-state index contributed by atoms with van der Waals surface area (Å²) in [5.41, 5.74) is 5.61. The molecule has 0 saturated carbocycles. The van der Waals surface area contributed by atoms with Crippen LogP contribution in [-0.4, -0.2) is 34.9 Å². The number of allylic oxidation sites excluding steroid dienone is 2. The number of rotatable bonds is 1. The maximum atomic E-state index is 15.6. The lowest BCUT2D eigenvalue weighted by Gasteiger charge is -2.34. The summed E-state index contributed by atoms with van der Waals surface area (Å²) in [6, 6.07) is 7.52. The number of ether oxygens (including phenoxy) is 2. The molecule has 0 spiro atoms. The molecule has 7 heteroatoms. The zero-order valence-electron chi connectivity index (χ0n) is 16.3. The number of hydrogen-bond acceptors (Lipinski definition) is 2. The van der Waals surface area contributed by atoms with Crippen molar-refractivity contribution in [2.45, 2.75) is 27.7 Å². The van der Waals surface area contributed by atoms with Crippen LogP contribution in [0.3, 0.4) is 0 Å². The third-order valence-corrected chi connectivity index (χ3v) is 5.77. The molecule has 0 N–H and O–H groups in total. The summed E-state index contributed by atoms with van der Waals surface area (Å²) in [7, 11) is 0. The van der Waals surface area contributed by atoms with Crippen LogP contribution < -0.4 is 9.47 Å². The first-order chi connectivity index (χ1) is 13.3. The first-order valence-electron chi connectivity index (χ1n) is 9.48. The summed E-state index contributed by atoms with van der Waals surface area (Å²) in [5, 5.41) is 0. The molecule has 0 aliphatic carbocycles. The first kappa shape index (κ1) is 17.3. The molecule has 0 unspecified atom stereocenters. The zero-order valence-corrected chi connectivity index (χ0v) is 16.3. The van der Waals surface area contributed by atoms with E-state index >= 15 is 8.63 Å². The number of aromatic nitrogens is 1. The van der Waals surface area contributed by atoms with Crippen molar-refractivity contribution in [3.8, 4) is 11.5 Å². The summed E-state index contributed by atoms with van der Waals surface area (Å²) < 4.78 is 45.1. The average molecular weight is 382 g/mol. The van der Waals surface area contributed by atoms with Gasteiger partial charge in [0.05, 0.1) is 5.57 Å². The molecule has 0 saturated heterocycles. The second-order valence-electron chi connectivity index (χ2n) is 7.70. The van der Waals surface area contributed by atoms with Crippen molar-refractivity contribution in [3.63, 3.8) is 0 Å². The Balaban J connectivity index is 1.87. The minimum atomic E-state index is -3.96. The van der Waals surface area contributed by atoms with Gasteiger partial charge in [-0.2, -0.15) is 0 Å². The third kappa shape index (κ3) is 2.13. The van der Waals surface area contributed by atoms with E-state index in [-0.39, 0.29) is 0 Å². The van der Waals surface area contributed by atoms with Crippen LogP contribution in [0, 0.1) is 13.8 Å². The lowest BCUT2D eigenvalue weighted by atomic mass is 9.83. The van der Waals surface area contributed by atoms with E-state index in [1.54, 1.807) is 13.8 Å². The second-order valence-corrected chi connectivity index (χ2v) is 7.70. The molecule has 4 nitrogen and oxygen atoms in total. The molecule has 3 aliphatic rings. The Kier molecular flexibility index (Phi) is 3.45. The van der Waals surface area contributed by atoms with Gasteiger partial charge in [0.25, 0.3) is 0 Å². The van der Waals surface area contributed by atoms with E-state index in [9.17, 15) is 0 Å². The van der Waals surface area contributed by atoms with Gasteiger partial charge in [0.1, 0.15) is 18.9 Å². The number of benzene rings is 1. The van der Waals surface area contributed by atoms with Gasteiger partial charge in [-0.05, 0) is 55.8 Å². The molecule has 3 aliphatic heterocycles. The predicted octanol–water partition coefficient (Wildman–Crippen LogP) is 4.31. The zero-order chi connectivity index (χ0) is 19.8. The predicted molar refractivity (Wildman–Crippen MR) is 105 cm³/mol. The molecule has 4 heterocycles. The molecule has 0 amide bonds. The normalized spacial score (nSPS) is 19.6. The largest absolute Gasteiger partial charge is 0.737 e. The maximum Gasteiger partial charge on any atom is 0.737 e. The van der Waals surface area contributed by atoms with Crippen LogP contribution in [0.2, 0.25) is 0 Å². The van der Waals surface area contributed by atoms with Gasteiger partial charge in [-0.15, -0.1) is 0 Å². The average Bonchev–Trinajstić information content (AvgIpc) is 3.12. The van der Waals surface area contributed by atoms with E-state index in [1.165, 1.54) is 8.96 Å². The topological polar surface area (TPSA) is 26.4 Å². The molecular formula is C21H21BF2N2O2. The Morgan fingerprint density at radius 1 is 1.00 bits per heavy atom. The van der Waals surface area contributed by atoms with Gasteiger partial charge in [0.15, 0.2) is 17.2 Å². The van der Waals surface area contributed by atoms with Crippen molar-refractivity contribution in [3.05, 3.63) is 64.1 Å². The number of fused-ring (bicyclic) bond motifs is 3. The Bertz CT molecular complexity index is 1140. The SMILES string of the molecule is CC1=CC(C)=[N+]2C1=C(c1ccc3c(c1)OCCO3)c1c(C)cc(C)n1[B-]2(F)F. The molecule has 0 fully saturated rings. The van der Waals surface area contributed by atoms with Crippen molar-refractivity contribution in [1.29, 1.82) is 0 Å². The Hall–Kier alpha value is -2.83. The van der Waals surface area contributed by atoms with Gasteiger partial charge in [-0.1, -0.05) is 6.07 Å². The third-order valence-electron chi connectivity index (χ3n) is 5.77. The van der Waals surface area contributed by atoms with Gasteiger partial charge in [0, 0.05) is 24.3 Å². The number of halogens is 2. The lowest BCUT2D eigenvalue weighted by Crippen LogP contribution is -2.51. The molecule has 1 aromatic carbocycles. The van der Waals surface area contributed by atoms with Crippen molar-refractivity contribution >= 4 is 18.3 Å². The van der Waals surface area contributed by atoms with E-state index in [0.717, 1.165) is 22.3 Å². The van der Waals surface area contributed by atoms with Crippen LogP contribution in [0.15, 0.2) is 41.6 Å². The summed E-state index contributed by atoms with van der Waals surface area (Å²) in [4.78, 5) is 0. The fourth-order valence-electron chi connectivity index (χ4n) is 4.77. The van der Waals surface area contributed by atoms with E-state index < -0.39 is 6.97 Å². The maximum absolute atomic E-state index is 15.6. The van der Waals surface area contributed by atoms with Gasteiger partial charge >= 0.3 is 6.97 Å². The van der Waals surface area contributed by atoms with Crippen molar-refractivity contribution < 1.29 is 22.6 Å². The van der Waals surface area contributed by atoms with Crippen molar-refractivity contribution in [1.82, 2.24) is 4.48 Å². The molecule has 0 bridgehead atoms. The lowest BCUT2D eigenvalue weighted by molar-refractivity contribution is -0.363. The van der Waals surface area contributed by atoms with E-state index in [1.807, 2.05) is 44.2 Å². The van der Waals surface area contributed by atoms with Crippen molar-refractivity contribution in [2.24, 2.45) is 0 Å². The summed E-state index contributed by atoms with van der Waals surface area (Å²) in [5.74, 6) is 1.34. The van der Waals surface area contributed by atoms with E-state index in [0.29, 0.717) is 47.5 Å². The van der Waals surface area contributed by atoms with Crippen molar-refractivity contribution in [2.75, 3.05) is 13.2 Å². The van der Waals surface area contributed by atoms with Gasteiger partial charge in [0.2, 0.25) is 0 Å². The van der Waals surface area contributed by atoms with Crippen LogP contribution in [0.25, 0.3) is 5.57 Å². The van der Waals surface area contributed by atoms with Crippen LogP contribution in [0.1, 0.15) is 36.4 Å². The van der Waals surface area contributed by atoms with Crippen LogP contribution in [-0.2, 0) is 0 Å². The standard InChI is InChI=1S/C21H21BF2N2O2/c1-12-9-14(3)25-20(12)19(16-5-6-17-18(11-16)28-8-7-27-17)21-13(2)10-15(4)26(21)22(25,23)24/h5-6,9-11H,7-8H2,1-4H3.